The first-order valence-electron chi connectivity index (χ1n) is 5.14. The van der Waals surface area contributed by atoms with Gasteiger partial charge in [-0.3, -0.25) is 0 Å². The predicted octanol–water partition coefficient (Wildman–Crippen LogP) is 3.57. The maximum absolute atomic E-state index is 13.5. The Bertz CT molecular complexity index is 371. The van der Waals surface area contributed by atoms with E-state index in [2.05, 4.69) is 17.6 Å². The molecule has 0 fully saturated rings. The minimum Gasteiger partial charge on any atom is -0.362 e. The van der Waals surface area contributed by atoms with Gasteiger partial charge in [0, 0.05) is 6.54 Å². The first-order valence-corrected chi connectivity index (χ1v) is 5.92. The van der Waals surface area contributed by atoms with Gasteiger partial charge in [0.25, 0.3) is 0 Å². The number of rotatable bonds is 4. The van der Waals surface area contributed by atoms with E-state index in [4.69, 9.17) is 23.8 Å². The number of hydrogen-bond acceptors (Lipinski definition) is 1. The Morgan fingerprint density at radius 3 is 2.94 bits per heavy atom. The quantitative estimate of drug-likeness (QED) is 0.639. The van der Waals surface area contributed by atoms with Gasteiger partial charge in [0.05, 0.1) is 10.7 Å². The normalized spacial score (nSPS) is 9.94. The SMILES string of the molecule is CCCCNC(=S)Nc1cccc(Cl)c1F. The van der Waals surface area contributed by atoms with Crippen LogP contribution in [0, 0.1) is 5.82 Å². The fraction of sp³-hybridized carbons (Fsp3) is 0.364. The second kappa shape index (κ2) is 6.66. The van der Waals surface area contributed by atoms with E-state index in [1.807, 2.05) is 0 Å². The van der Waals surface area contributed by atoms with Crippen molar-refractivity contribution in [3.63, 3.8) is 0 Å². The van der Waals surface area contributed by atoms with Crippen molar-refractivity contribution >= 4 is 34.6 Å². The fourth-order valence-electron chi connectivity index (χ4n) is 1.15. The number of benzene rings is 1. The molecule has 88 valence electrons. The minimum atomic E-state index is -0.483. The second-order valence-corrected chi connectivity index (χ2v) is 4.15. The molecular formula is C11H14ClFN2S. The van der Waals surface area contributed by atoms with E-state index in [0.717, 1.165) is 19.4 Å². The second-order valence-electron chi connectivity index (χ2n) is 3.34. The van der Waals surface area contributed by atoms with Crippen LogP contribution in [0.5, 0.6) is 0 Å². The highest BCUT2D eigenvalue weighted by Crippen LogP contribution is 2.21. The Kier molecular flexibility index (Phi) is 5.49. The summed E-state index contributed by atoms with van der Waals surface area (Å²) in [5.41, 5.74) is 0.293. The molecule has 0 aromatic heterocycles. The van der Waals surface area contributed by atoms with Gasteiger partial charge < -0.3 is 10.6 Å². The van der Waals surface area contributed by atoms with E-state index in [1.165, 1.54) is 6.07 Å². The summed E-state index contributed by atoms with van der Waals surface area (Å²) in [5.74, 6) is -0.483. The largest absolute Gasteiger partial charge is 0.362 e. The van der Waals surface area contributed by atoms with Crippen molar-refractivity contribution in [3.05, 3.63) is 29.0 Å². The van der Waals surface area contributed by atoms with Gasteiger partial charge in [-0.2, -0.15) is 0 Å². The molecule has 5 heteroatoms. The molecule has 0 spiro atoms. The van der Waals surface area contributed by atoms with Crippen LogP contribution in [0.3, 0.4) is 0 Å². The van der Waals surface area contributed by atoms with Crippen molar-refractivity contribution in [1.82, 2.24) is 5.32 Å². The fourth-order valence-corrected chi connectivity index (χ4v) is 1.53. The van der Waals surface area contributed by atoms with Crippen LogP contribution >= 0.6 is 23.8 Å². The minimum absolute atomic E-state index is 0.0846. The number of nitrogens with one attached hydrogen (secondary N) is 2. The molecule has 0 unspecified atom stereocenters. The monoisotopic (exact) mass is 260 g/mol. The van der Waals surface area contributed by atoms with Crippen LogP contribution < -0.4 is 10.6 Å². The van der Waals surface area contributed by atoms with E-state index in [9.17, 15) is 4.39 Å². The maximum Gasteiger partial charge on any atom is 0.170 e. The molecule has 0 atom stereocenters. The van der Waals surface area contributed by atoms with Crippen LogP contribution in [0.25, 0.3) is 0 Å². The lowest BCUT2D eigenvalue weighted by Gasteiger charge is -2.11. The van der Waals surface area contributed by atoms with Gasteiger partial charge in [-0.1, -0.05) is 31.0 Å². The molecule has 16 heavy (non-hydrogen) atoms. The third-order valence-corrected chi connectivity index (χ3v) is 2.55. The molecule has 0 bridgehead atoms. The van der Waals surface area contributed by atoms with Crippen LogP contribution in [0.2, 0.25) is 5.02 Å². The highest BCUT2D eigenvalue weighted by molar-refractivity contribution is 7.80. The first-order chi connectivity index (χ1) is 7.65. The lowest BCUT2D eigenvalue weighted by atomic mass is 10.3. The molecule has 0 aliphatic rings. The molecule has 2 nitrogen and oxygen atoms in total. The molecule has 0 heterocycles. The molecule has 0 saturated carbocycles. The van der Waals surface area contributed by atoms with Crippen molar-refractivity contribution in [2.45, 2.75) is 19.8 Å². The van der Waals surface area contributed by atoms with Crippen LogP contribution in [-0.2, 0) is 0 Å². The van der Waals surface area contributed by atoms with Gasteiger partial charge in [-0.25, -0.2) is 4.39 Å². The zero-order valence-corrected chi connectivity index (χ0v) is 10.6. The molecule has 0 aliphatic heterocycles. The lowest BCUT2D eigenvalue weighted by molar-refractivity contribution is 0.632. The molecule has 0 saturated heterocycles. The third-order valence-electron chi connectivity index (χ3n) is 2.02. The summed E-state index contributed by atoms with van der Waals surface area (Å²) in [6, 6.07) is 4.76. The lowest BCUT2D eigenvalue weighted by Crippen LogP contribution is -2.29. The maximum atomic E-state index is 13.5. The highest BCUT2D eigenvalue weighted by atomic mass is 35.5. The molecule has 2 N–H and O–H groups in total. The summed E-state index contributed by atoms with van der Waals surface area (Å²) in [6.45, 7) is 2.87. The Hall–Kier alpha value is -0.870. The van der Waals surface area contributed by atoms with Crippen molar-refractivity contribution in [2.24, 2.45) is 0 Å². The summed E-state index contributed by atoms with van der Waals surface area (Å²) < 4.78 is 13.5. The summed E-state index contributed by atoms with van der Waals surface area (Å²) >= 11 is 10.7. The van der Waals surface area contributed by atoms with E-state index >= 15 is 0 Å². The summed E-state index contributed by atoms with van der Waals surface area (Å²) in [6.07, 6.45) is 2.11. The van der Waals surface area contributed by atoms with Crippen molar-refractivity contribution < 1.29 is 4.39 Å². The van der Waals surface area contributed by atoms with Gasteiger partial charge in [0.15, 0.2) is 10.9 Å². The molecule has 0 radical (unpaired) electrons. The first kappa shape index (κ1) is 13.2. The number of thiocarbonyl (C=S) groups is 1. The van der Waals surface area contributed by atoms with Gasteiger partial charge in [0.2, 0.25) is 0 Å². The van der Waals surface area contributed by atoms with E-state index in [-0.39, 0.29) is 5.02 Å². The number of halogens is 2. The Labute approximate surface area is 105 Å². The van der Waals surface area contributed by atoms with Crippen LogP contribution in [-0.4, -0.2) is 11.7 Å². The Balaban J connectivity index is 2.53. The van der Waals surface area contributed by atoms with E-state index in [0.29, 0.717) is 10.8 Å². The number of hydrogen-bond donors (Lipinski definition) is 2. The average Bonchev–Trinajstić information content (AvgIpc) is 2.25. The van der Waals surface area contributed by atoms with Crippen LogP contribution in [0.1, 0.15) is 19.8 Å². The highest BCUT2D eigenvalue weighted by Gasteiger charge is 2.06. The predicted molar refractivity (Wildman–Crippen MR) is 70.5 cm³/mol. The summed E-state index contributed by atoms with van der Waals surface area (Å²) in [7, 11) is 0. The van der Waals surface area contributed by atoms with E-state index < -0.39 is 5.82 Å². The van der Waals surface area contributed by atoms with Crippen LogP contribution in [0.15, 0.2) is 18.2 Å². The molecule has 0 amide bonds. The molecule has 1 aromatic carbocycles. The zero-order valence-electron chi connectivity index (χ0n) is 9.02. The Morgan fingerprint density at radius 1 is 1.50 bits per heavy atom. The number of unbranched alkanes of at least 4 members (excludes halogenated alkanes) is 1. The molecule has 0 aliphatic carbocycles. The number of anilines is 1. The van der Waals surface area contributed by atoms with Gasteiger partial charge in [-0.15, -0.1) is 0 Å². The topological polar surface area (TPSA) is 24.1 Å². The van der Waals surface area contributed by atoms with Crippen molar-refractivity contribution in [3.8, 4) is 0 Å². The summed E-state index contributed by atoms with van der Waals surface area (Å²) in [4.78, 5) is 0. The van der Waals surface area contributed by atoms with Gasteiger partial charge >= 0.3 is 0 Å². The average molecular weight is 261 g/mol. The standard InChI is InChI=1S/C11H14ClFN2S/c1-2-3-7-14-11(16)15-9-6-4-5-8(12)10(9)13/h4-6H,2-3,7H2,1H3,(H2,14,15,16). The zero-order chi connectivity index (χ0) is 12.0. The van der Waals surface area contributed by atoms with Crippen LogP contribution in [0.4, 0.5) is 10.1 Å². The van der Waals surface area contributed by atoms with Crippen molar-refractivity contribution in [2.75, 3.05) is 11.9 Å². The molecular weight excluding hydrogens is 247 g/mol. The third kappa shape index (κ3) is 3.94. The summed E-state index contributed by atoms with van der Waals surface area (Å²) in [5, 5.41) is 6.26. The van der Waals surface area contributed by atoms with E-state index in [1.54, 1.807) is 12.1 Å². The molecule has 1 aromatic rings. The van der Waals surface area contributed by atoms with Gasteiger partial charge in [-0.05, 0) is 30.8 Å². The van der Waals surface area contributed by atoms with Gasteiger partial charge in [0.1, 0.15) is 0 Å². The smallest absolute Gasteiger partial charge is 0.170 e. The van der Waals surface area contributed by atoms with Crippen molar-refractivity contribution in [1.29, 1.82) is 0 Å². The molecule has 1 rings (SSSR count). The Morgan fingerprint density at radius 2 is 2.25 bits per heavy atom.